The highest BCUT2D eigenvalue weighted by Gasteiger charge is 2.35. The molecule has 1 unspecified atom stereocenters. The van der Waals surface area contributed by atoms with Gasteiger partial charge in [-0.2, -0.15) is 9.40 Å². The van der Waals surface area contributed by atoms with Crippen LogP contribution in [0.3, 0.4) is 0 Å². The van der Waals surface area contributed by atoms with Crippen molar-refractivity contribution in [3.8, 4) is 0 Å². The highest BCUT2D eigenvalue weighted by Crippen LogP contribution is 2.25. The molecule has 1 saturated heterocycles. The van der Waals surface area contributed by atoms with Crippen LogP contribution in [-0.2, 0) is 26.6 Å². The first-order valence-corrected chi connectivity index (χ1v) is 8.01. The van der Waals surface area contributed by atoms with E-state index >= 15 is 0 Å². The summed E-state index contributed by atoms with van der Waals surface area (Å²) in [6.07, 6.45) is -0.833. The summed E-state index contributed by atoms with van der Waals surface area (Å²) < 4.78 is 33.6. The number of carboxylic acids is 1. The van der Waals surface area contributed by atoms with Gasteiger partial charge in [0.2, 0.25) is 10.0 Å². The number of aryl methyl sites for hydroxylation is 2. The Bertz CT molecular complexity index is 652. The SMILES string of the molecule is Cc1nn(C)c(C)c1S(=O)(=O)N1CCOC(CC(=O)O)C1. The van der Waals surface area contributed by atoms with Crippen molar-refractivity contribution in [2.75, 3.05) is 19.7 Å². The summed E-state index contributed by atoms with van der Waals surface area (Å²) in [5.41, 5.74) is 1.00. The molecule has 2 rings (SSSR count). The van der Waals surface area contributed by atoms with E-state index in [4.69, 9.17) is 9.84 Å². The molecule has 1 N–H and O–H groups in total. The van der Waals surface area contributed by atoms with Crippen molar-refractivity contribution >= 4 is 16.0 Å². The van der Waals surface area contributed by atoms with Gasteiger partial charge in [0.15, 0.2) is 0 Å². The predicted molar refractivity (Wildman–Crippen MR) is 73.4 cm³/mol. The van der Waals surface area contributed by atoms with Gasteiger partial charge in [-0.25, -0.2) is 8.42 Å². The molecule has 1 fully saturated rings. The van der Waals surface area contributed by atoms with Gasteiger partial charge in [-0.1, -0.05) is 0 Å². The van der Waals surface area contributed by atoms with Crippen LogP contribution in [0.5, 0.6) is 0 Å². The predicted octanol–water partition coefficient (Wildman–Crippen LogP) is -0.0989. The quantitative estimate of drug-likeness (QED) is 0.832. The summed E-state index contributed by atoms with van der Waals surface area (Å²) in [6.45, 7) is 3.79. The highest BCUT2D eigenvalue weighted by atomic mass is 32.2. The van der Waals surface area contributed by atoms with Gasteiger partial charge in [-0.05, 0) is 13.8 Å². The number of hydrogen-bond acceptors (Lipinski definition) is 5. The summed E-state index contributed by atoms with van der Waals surface area (Å²) in [5, 5.41) is 12.9. The number of ether oxygens (including phenoxy) is 1. The highest BCUT2D eigenvalue weighted by molar-refractivity contribution is 7.89. The Labute approximate surface area is 123 Å². The van der Waals surface area contributed by atoms with Crippen LogP contribution in [0.1, 0.15) is 17.8 Å². The van der Waals surface area contributed by atoms with Crippen molar-refractivity contribution in [1.29, 1.82) is 0 Å². The van der Waals surface area contributed by atoms with Crippen molar-refractivity contribution in [3.05, 3.63) is 11.4 Å². The molecule has 0 radical (unpaired) electrons. The van der Waals surface area contributed by atoms with E-state index in [1.54, 1.807) is 20.9 Å². The number of carbonyl (C=O) groups is 1. The minimum atomic E-state index is -3.69. The van der Waals surface area contributed by atoms with Gasteiger partial charge in [0.05, 0.1) is 30.5 Å². The maximum absolute atomic E-state index is 12.7. The van der Waals surface area contributed by atoms with Crippen LogP contribution in [-0.4, -0.2) is 59.4 Å². The third-order valence-corrected chi connectivity index (χ3v) is 5.66. The number of nitrogens with zero attached hydrogens (tertiary/aromatic N) is 3. The smallest absolute Gasteiger partial charge is 0.306 e. The number of aromatic nitrogens is 2. The average molecular weight is 317 g/mol. The Morgan fingerprint density at radius 3 is 2.67 bits per heavy atom. The lowest BCUT2D eigenvalue weighted by atomic mass is 10.2. The van der Waals surface area contributed by atoms with Crippen molar-refractivity contribution in [2.45, 2.75) is 31.3 Å². The minimum absolute atomic E-state index is 0.0441. The molecule has 8 nitrogen and oxygen atoms in total. The lowest BCUT2D eigenvalue weighted by Gasteiger charge is -2.31. The molecule has 0 bridgehead atoms. The fourth-order valence-corrected chi connectivity index (χ4v) is 4.34. The molecule has 0 aliphatic carbocycles. The fraction of sp³-hybridized carbons (Fsp3) is 0.667. The topological polar surface area (TPSA) is 102 Å². The van der Waals surface area contributed by atoms with E-state index < -0.39 is 22.1 Å². The van der Waals surface area contributed by atoms with Crippen molar-refractivity contribution in [1.82, 2.24) is 14.1 Å². The van der Waals surface area contributed by atoms with Crippen LogP contribution in [0.15, 0.2) is 4.90 Å². The second kappa shape index (κ2) is 5.74. The molecule has 0 aromatic carbocycles. The Kier molecular flexibility index (Phi) is 4.35. The molecule has 1 atom stereocenters. The maximum Gasteiger partial charge on any atom is 0.306 e. The lowest BCUT2D eigenvalue weighted by molar-refractivity contribution is -0.141. The van der Waals surface area contributed by atoms with E-state index in [2.05, 4.69) is 5.10 Å². The number of carboxylic acid groups (broad SMARTS) is 1. The minimum Gasteiger partial charge on any atom is -0.481 e. The molecule has 1 aromatic rings. The zero-order valence-corrected chi connectivity index (χ0v) is 13.1. The Morgan fingerprint density at radius 1 is 1.48 bits per heavy atom. The summed E-state index contributed by atoms with van der Waals surface area (Å²) in [7, 11) is -2.01. The molecule has 0 spiro atoms. The van der Waals surface area contributed by atoms with Crippen LogP contribution in [0.25, 0.3) is 0 Å². The van der Waals surface area contributed by atoms with Crippen molar-refractivity contribution in [2.24, 2.45) is 7.05 Å². The van der Waals surface area contributed by atoms with E-state index in [0.717, 1.165) is 0 Å². The number of aliphatic carboxylic acids is 1. The molecule has 2 heterocycles. The number of rotatable bonds is 4. The van der Waals surface area contributed by atoms with Gasteiger partial charge in [0, 0.05) is 20.1 Å². The first-order valence-electron chi connectivity index (χ1n) is 6.57. The largest absolute Gasteiger partial charge is 0.481 e. The first kappa shape index (κ1) is 15.9. The van der Waals surface area contributed by atoms with E-state index in [1.807, 2.05) is 0 Å². The number of sulfonamides is 1. The average Bonchev–Trinajstić information content (AvgIpc) is 2.63. The first-order chi connectivity index (χ1) is 9.73. The zero-order valence-electron chi connectivity index (χ0n) is 12.2. The maximum atomic E-state index is 12.7. The Hall–Kier alpha value is -1.45. The molecular weight excluding hydrogens is 298 g/mol. The van der Waals surface area contributed by atoms with E-state index in [9.17, 15) is 13.2 Å². The van der Waals surface area contributed by atoms with E-state index in [1.165, 1.54) is 8.99 Å². The zero-order chi connectivity index (χ0) is 15.8. The van der Waals surface area contributed by atoms with E-state index in [-0.39, 0.29) is 31.0 Å². The van der Waals surface area contributed by atoms with Crippen LogP contribution in [0, 0.1) is 13.8 Å². The van der Waals surface area contributed by atoms with Crippen LogP contribution >= 0.6 is 0 Å². The lowest BCUT2D eigenvalue weighted by Crippen LogP contribution is -2.46. The number of morpholine rings is 1. The van der Waals surface area contributed by atoms with Crippen molar-refractivity contribution in [3.63, 3.8) is 0 Å². The molecule has 0 saturated carbocycles. The van der Waals surface area contributed by atoms with Gasteiger partial charge >= 0.3 is 5.97 Å². The standard InChI is InChI=1S/C12H19N3O5S/c1-8-12(9(2)14(3)13-8)21(18,19)15-4-5-20-10(7-15)6-11(16)17/h10H,4-7H2,1-3H3,(H,16,17). The Morgan fingerprint density at radius 2 is 2.14 bits per heavy atom. The third kappa shape index (κ3) is 3.09. The molecule has 0 amide bonds. The normalized spacial score (nSPS) is 20.6. The summed E-state index contributed by atoms with van der Waals surface area (Å²) in [6, 6.07) is 0. The second-order valence-electron chi connectivity index (χ2n) is 5.08. The summed E-state index contributed by atoms with van der Waals surface area (Å²) in [4.78, 5) is 10.9. The van der Waals surface area contributed by atoms with E-state index in [0.29, 0.717) is 11.4 Å². The van der Waals surface area contributed by atoms with Gasteiger partial charge in [-0.15, -0.1) is 0 Å². The van der Waals surface area contributed by atoms with Crippen molar-refractivity contribution < 1.29 is 23.1 Å². The monoisotopic (exact) mass is 317 g/mol. The molecule has 1 aromatic heterocycles. The van der Waals surface area contributed by atoms with Crippen LogP contribution < -0.4 is 0 Å². The van der Waals surface area contributed by atoms with Crippen LogP contribution in [0.2, 0.25) is 0 Å². The van der Waals surface area contributed by atoms with Gasteiger partial charge < -0.3 is 9.84 Å². The Balaban J connectivity index is 2.29. The second-order valence-corrected chi connectivity index (χ2v) is 6.95. The fourth-order valence-electron chi connectivity index (χ4n) is 2.49. The summed E-state index contributed by atoms with van der Waals surface area (Å²) in [5.74, 6) is -1.01. The molecule has 1 aliphatic heterocycles. The van der Waals surface area contributed by atoms with Crippen LogP contribution in [0.4, 0.5) is 0 Å². The van der Waals surface area contributed by atoms with Gasteiger partial charge in [0.25, 0.3) is 0 Å². The molecule has 118 valence electrons. The molecule has 9 heteroatoms. The molecule has 21 heavy (non-hydrogen) atoms. The molecular formula is C12H19N3O5S. The number of hydrogen-bond donors (Lipinski definition) is 1. The van der Waals surface area contributed by atoms with Gasteiger partial charge in [0.1, 0.15) is 4.90 Å². The third-order valence-electron chi connectivity index (χ3n) is 3.54. The molecule has 1 aliphatic rings. The summed E-state index contributed by atoms with van der Waals surface area (Å²) >= 11 is 0. The van der Waals surface area contributed by atoms with Gasteiger partial charge in [-0.3, -0.25) is 9.48 Å².